The minimum Gasteiger partial charge on any atom is -1.00 e. The maximum absolute atomic E-state index is 5.35. The fourth-order valence-corrected chi connectivity index (χ4v) is 3.37. The molecule has 140 valence electrons. The van der Waals surface area contributed by atoms with E-state index in [2.05, 4.69) is 21.0 Å². The highest BCUT2D eigenvalue weighted by molar-refractivity contribution is 4.67. The van der Waals surface area contributed by atoms with Crippen LogP contribution in [0.25, 0.3) is 0 Å². The predicted molar refractivity (Wildman–Crippen MR) is 97.3 cm³/mol. The van der Waals surface area contributed by atoms with E-state index < -0.39 is 0 Å². The molecule has 1 unspecified atom stereocenters. The van der Waals surface area contributed by atoms with Crippen molar-refractivity contribution in [3.63, 3.8) is 0 Å². The zero-order valence-corrected chi connectivity index (χ0v) is 16.9. The van der Waals surface area contributed by atoms with Crippen LogP contribution in [-0.2, 0) is 4.74 Å². The van der Waals surface area contributed by atoms with Crippen molar-refractivity contribution in [1.82, 2.24) is 0 Å². The summed E-state index contributed by atoms with van der Waals surface area (Å²) in [4.78, 5) is 0. The van der Waals surface area contributed by atoms with Gasteiger partial charge in [0.25, 0.3) is 0 Å². The molecule has 0 radical (unpaired) electrons. The number of rotatable bonds is 16. The highest BCUT2D eigenvalue weighted by atomic mass is 35.5. The van der Waals surface area contributed by atoms with E-state index in [-0.39, 0.29) is 12.4 Å². The highest BCUT2D eigenvalue weighted by Crippen LogP contribution is 2.16. The Labute approximate surface area is 152 Å². The Morgan fingerprint density at radius 3 is 1.52 bits per heavy atom. The molecule has 0 aromatic rings. The summed E-state index contributed by atoms with van der Waals surface area (Å²) in [5.41, 5.74) is 0. The van der Waals surface area contributed by atoms with E-state index in [4.69, 9.17) is 4.74 Å². The van der Waals surface area contributed by atoms with E-state index >= 15 is 0 Å². The van der Waals surface area contributed by atoms with Gasteiger partial charge >= 0.3 is 0 Å². The molecule has 0 aliphatic carbocycles. The second-order valence-electron chi connectivity index (χ2n) is 8.04. The van der Waals surface area contributed by atoms with Gasteiger partial charge in [-0.25, -0.2) is 0 Å². The number of halogens is 1. The third-order valence-corrected chi connectivity index (χ3v) is 4.97. The van der Waals surface area contributed by atoms with E-state index in [1.54, 1.807) is 0 Å². The standard InChI is InChI=1S/C20H42NO.ClH/c1-4-5-6-7-8-9-10-11-12-13-14-15-16-17-21(2,3)18-20-19-22-20;/h20H,4-19H2,1-3H3;1H/q+1;/p-1. The average molecular weight is 348 g/mol. The molecular formula is C20H42ClNO. The molecule has 1 heterocycles. The van der Waals surface area contributed by atoms with Crippen LogP contribution in [0.1, 0.15) is 90.4 Å². The Balaban J connectivity index is 0.00000484. The molecule has 0 saturated carbocycles. The summed E-state index contributed by atoms with van der Waals surface area (Å²) in [6.45, 7) is 5.82. The van der Waals surface area contributed by atoms with E-state index in [9.17, 15) is 0 Å². The minimum absolute atomic E-state index is 0. The Bertz CT molecular complexity index is 254. The zero-order chi connectivity index (χ0) is 16.1. The van der Waals surface area contributed by atoms with Gasteiger partial charge in [-0.2, -0.15) is 0 Å². The van der Waals surface area contributed by atoms with Crippen LogP contribution in [0.2, 0.25) is 0 Å². The molecule has 0 N–H and O–H groups in total. The smallest absolute Gasteiger partial charge is 0.130 e. The van der Waals surface area contributed by atoms with Crippen LogP contribution in [0.4, 0.5) is 0 Å². The summed E-state index contributed by atoms with van der Waals surface area (Å²) in [5, 5.41) is 0. The first-order chi connectivity index (χ1) is 10.6. The van der Waals surface area contributed by atoms with Crippen molar-refractivity contribution in [2.45, 2.75) is 96.5 Å². The summed E-state index contributed by atoms with van der Waals surface area (Å²) in [6.07, 6.45) is 19.3. The molecule has 1 fully saturated rings. The van der Waals surface area contributed by atoms with Crippen LogP contribution in [0, 0.1) is 0 Å². The van der Waals surface area contributed by atoms with E-state index in [1.165, 1.54) is 96.6 Å². The minimum atomic E-state index is 0. The fourth-order valence-electron chi connectivity index (χ4n) is 3.37. The number of nitrogens with zero attached hydrogens (tertiary/aromatic N) is 1. The highest BCUT2D eigenvalue weighted by Gasteiger charge is 2.30. The van der Waals surface area contributed by atoms with Crippen molar-refractivity contribution in [1.29, 1.82) is 0 Å². The molecule has 3 heteroatoms. The molecule has 2 nitrogen and oxygen atoms in total. The van der Waals surface area contributed by atoms with Crippen molar-refractivity contribution in [2.24, 2.45) is 0 Å². The summed E-state index contributed by atoms with van der Waals surface area (Å²) < 4.78 is 6.49. The largest absolute Gasteiger partial charge is 1.00 e. The normalized spacial score (nSPS) is 17.1. The molecule has 0 amide bonds. The van der Waals surface area contributed by atoms with E-state index in [0.717, 1.165) is 11.1 Å². The Morgan fingerprint density at radius 2 is 1.13 bits per heavy atom. The summed E-state index contributed by atoms with van der Waals surface area (Å²) >= 11 is 0. The van der Waals surface area contributed by atoms with Crippen molar-refractivity contribution in [2.75, 3.05) is 33.8 Å². The lowest BCUT2D eigenvalue weighted by Crippen LogP contribution is -3.00. The van der Waals surface area contributed by atoms with Crippen LogP contribution in [0.15, 0.2) is 0 Å². The van der Waals surface area contributed by atoms with Gasteiger partial charge in [-0.05, 0) is 12.8 Å². The molecule has 23 heavy (non-hydrogen) atoms. The van der Waals surface area contributed by atoms with Gasteiger partial charge < -0.3 is 21.6 Å². The Morgan fingerprint density at radius 1 is 0.739 bits per heavy atom. The van der Waals surface area contributed by atoms with Crippen LogP contribution in [0.3, 0.4) is 0 Å². The van der Waals surface area contributed by atoms with Gasteiger partial charge in [-0.15, -0.1) is 0 Å². The zero-order valence-electron chi connectivity index (χ0n) is 16.1. The average Bonchev–Trinajstić information content (AvgIpc) is 3.27. The van der Waals surface area contributed by atoms with Crippen molar-refractivity contribution < 1.29 is 21.6 Å². The SMILES string of the molecule is CCCCCCCCCCCCCCC[N+](C)(C)CC1CO1.[Cl-]. The number of ether oxygens (including phenoxy) is 1. The molecule has 1 aliphatic rings. The Hall–Kier alpha value is 0.210. The fraction of sp³-hybridized carbons (Fsp3) is 1.00. The second kappa shape index (κ2) is 14.5. The quantitative estimate of drug-likeness (QED) is 0.237. The van der Waals surface area contributed by atoms with Gasteiger partial charge in [0, 0.05) is 0 Å². The van der Waals surface area contributed by atoms with Crippen LogP contribution in [0.5, 0.6) is 0 Å². The number of likely N-dealkylation sites (N-methyl/N-ethyl adjacent to an activating group) is 1. The maximum atomic E-state index is 5.35. The lowest BCUT2D eigenvalue weighted by molar-refractivity contribution is -0.891. The van der Waals surface area contributed by atoms with Crippen LogP contribution in [-0.4, -0.2) is 44.4 Å². The lowest BCUT2D eigenvalue weighted by Gasteiger charge is -2.29. The first kappa shape index (κ1) is 23.2. The van der Waals surface area contributed by atoms with Gasteiger partial charge in [0.05, 0.1) is 27.2 Å². The third kappa shape index (κ3) is 15.5. The first-order valence-corrected chi connectivity index (χ1v) is 10.1. The van der Waals surface area contributed by atoms with Crippen LogP contribution >= 0.6 is 0 Å². The lowest BCUT2D eigenvalue weighted by atomic mass is 10.0. The first-order valence-electron chi connectivity index (χ1n) is 10.1. The molecule has 0 spiro atoms. The molecule has 1 aliphatic heterocycles. The molecule has 1 rings (SSSR count). The van der Waals surface area contributed by atoms with Crippen molar-refractivity contribution in [3.8, 4) is 0 Å². The molecule has 1 saturated heterocycles. The van der Waals surface area contributed by atoms with Gasteiger partial charge in [0.2, 0.25) is 0 Å². The van der Waals surface area contributed by atoms with E-state index in [0.29, 0.717) is 6.10 Å². The van der Waals surface area contributed by atoms with E-state index in [1.807, 2.05) is 0 Å². The molecule has 0 aromatic heterocycles. The number of hydrogen-bond donors (Lipinski definition) is 0. The summed E-state index contributed by atoms with van der Waals surface area (Å²) in [6, 6.07) is 0. The number of hydrogen-bond acceptors (Lipinski definition) is 1. The molecule has 1 atom stereocenters. The Kier molecular flexibility index (Phi) is 14.7. The molecular weight excluding hydrogens is 306 g/mol. The van der Waals surface area contributed by atoms with Gasteiger partial charge in [-0.3, -0.25) is 0 Å². The summed E-state index contributed by atoms with van der Waals surface area (Å²) in [7, 11) is 4.70. The van der Waals surface area contributed by atoms with Gasteiger partial charge in [0.15, 0.2) is 0 Å². The van der Waals surface area contributed by atoms with Gasteiger partial charge in [-0.1, -0.05) is 77.6 Å². The monoisotopic (exact) mass is 347 g/mol. The third-order valence-electron chi connectivity index (χ3n) is 4.97. The molecule has 0 aromatic carbocycles. The number of epoxide rings is 1. The number of quaternary nitrogens is 1. The van der Waals surface area contributed by atoms with Crippen molar-refractivity contribution >= 4 is 0 Å². The predicted octanol–water partition coefficient (Wildman–Crippen LogP) is 2.56. The topological polar surface area (TPSA) is 12.5 Å². The van der Waals surface area contributed by atoms with Crippen molar-refractivity contribution in [3.05, 3.63) is 0 Å². The second-order valence-corrected chi connectivity index (χ2v) is 8.04. The number of unbranched alkanes of at least 4 members (excludes halogenated alkanes) is 12. The maximum Gasteiger partial charge on any atom is 0.130 e. The summed E-state index contributed by atoms with van der Waals surface area (Å²) in [5.74, 6) is 0. The molecule has 0 bridgehead atoms. The van der Waals surface area contributed by atoms with Gasteiger partial charge in [0.1, 0.15) is 12.6 Å². The van der Waals surface area contributed by atoms with Crippen LogP contribution < -0.4 is 12.4 Å².